The molecule has 1 unspecified atom stereocenters. The van der Waals surface area contributed by atoms with Gasteiger partial charge in [-0.1, -0.05) is 0 Å². The van der Waals surface area contributed by atoms with Crippen LogP contribution in [-0.4, -0.2) is 41.7 Å². The van der Waals surface area contributed by atoms with Gasteiger partial charge in [-0.3, -0.25) is 4.79 Å². The number of pyridine rings is 1. The van der Waals surface area contributed by atoms with Crippen molar-refractivity contribution in [1.82, 2.24) is 10.3 Å². The Hall–Kier alpha value is -2.02. The number of ether oxygens (including phenoxy) is 1. The molecule has 1 atom stereocenters. The number of carboxylic acids is 1. The second-order valence-electron chi connectivity index (χ2n) is 3.49. The molecule has 2 N–H and O–H groups in total. The molecule has 0 aromatic carbocycles. The van der Waals surface area contributed by atoms with Gasteiger partial charge >= 0.3 is 5.97 Å². The zero-order valence-corrected chi connectivity index (χ0v) is 9.72. The van der Waals surface area contributed by atoms with Crippen LogP contribution >= 0.6 is 0 Å². The Morgan fingerprint density at radius 1 is 1.61 bits per heavy atom. The van der Waals surface area contributed by atoms with E-state index in [1.54, 1.807) is 0 Å². The molecule has 0 radical (unpaired) electrons. The van der Waals surface area contributed by atoms with E-state index in [1.807, 2.05) is 0 Å². The van der Waals surface area contributed by atoms with Gasteiger partial charge in [0.1, 0.15) is 6.04 Å². The maximum Gasteiger partial charge on any atom is 0.326 e. The van der Waals surface area contributed by atoms with E-state index < -0.39 is 23.9 Å². The lowest BCUT2D eigenvalue weighted by atomic mass is 10.2. The van der Waals surface area contributed by atoms with Crippen molar-refractivity contribution in [2.24, 2.45) is 0 Å². The van der Waals surface area contributed by atoms with Gasteiger partial charge in [0.2, 0.25) is 5.95 Å². The molecule has 1 rings (SSSR count). The molecule has 0 aliphatic carbocycles. The van der Waals surface area contributed by atoms with Gasteiger partial charge in [0.15, 0.2) is 0 Å². The minimum Gasteiger partial charge on any atom is -0.480 e. The summed E-state index contributed by atoms with van der Waals surface area (Å²) in [4.78, 5) is 25.8. The molecule has 0 bridgehead atoms. The van der Waals surface area contributed by atoms with Gasteiger partial charge in [0, 0.05) is 26.3 Å². The van der Waals surface area contributed by atoms with E-state index in [0.29, 0.717) is 0 Å². The Bertz CT molecular complexity index is 439. The van der Waals surface area contributed by atoms with Crippen molar-refractivity contribution >= 4 is 11.9 Å². The number of methoxy groups -OCH3 is 1. The Kier molecular flexibility index (Phi) is 5.19. The molecule has 1 aromatic heterocycles. The third-order valence-electron chi connectivity index (χ3n) is 2.22. The highest BCUT2D eigenvalue weighted by Crippen LogP contribution is 2.04. The van der Waals surface area contributed by atoms with Crippen LogP contribution < -0.4 is 5.32 Å². The molecule has 0 aliphatic rings. The van der Waals surface area contributed by atoms with E-state index in [2.05, 4.69) is 10.3 Å². The van der Waals surface area contributed by atoms with Gasteiger partial charge in [0.25, 0.3) is 5.91 Å². The summed E-state index contributed by atoms with van der Waals surface area (Å²) in [5.41, 5.74) is -0.291. The molecule has 1 heterocycles. The fourth-order valence-corrected chi connectivity index (χ4v) is 1.28. The van der Waals surface area contributed by atoms with Crippen LogP contribution in [0.3, 0.4) is 0 Å². The summed E-state index contributed by atoms with van der Waals surface area (Å²) in [6.07, 6.45) is 1.30. The van der Waals surface area contributed by atoms with E-state index in [-0.39, 0.29) is 18.6 Å². The monoisotopic (exact) mass is 256 g/mol. The molecule has 1 amide bonds. The summed E-state index contributed by atoms with van der Waals surface area (Å²) >= 11 is 0. The van der Waals surface area contributed by atoms with Crippen LogP contribution in [0.2, 0.25) is 0 Å². The van der Waals surface area contributed by atoms with Crippen LogP contribution in [0.5, 0.6) is 0 Å². The van der Waals surface area contributed by atoms with Crippen molar-refractivity contribution in [2.45, 2.75) is 12.5 Å². The molecule has 0 spiro atoms. The smallest absolute Gasteiger partial charge is 0.326 e. The standard InChI is InChI=1S/C11H13FN2O4/c1-18-6-4-8(11(16)17)14-10(15)7-3-2-5-13-9(7)12/h2-3,5,8H,4,6H2,1H3,(H,14,15)(H,16,17). The van der Waals surface area contributed by atoms with E-state index in [4.69, 9.17) is 9.84 Å². The molecule has 7 heteroatoms. The number of aliphatic carboxylic acids is 1. The Balaban J connectivity index is 2.72. The van der Waals surface area contributed by atoms with Gasteiger partial charge in [-0.25, -0.2) is 9.78 Å². The fourth-order valence-electron chi connectivity index (χ4n) is 1.28. The first kappa shape index (κ1) is 14.0. The van der Waals surface area contributed by atoms with Crippen molar-refractivity contribution in [1.29, 1.82) is 0 Å². The van der Waals surface area contributed by atoms with E-state index in [9.17, 15) is 14.0 Å². The highest BCUT2D eigenvalue weighted by Gasteiger charge is 2.22. The summed E-state index contributed by atoms with van der Waals surface area (Å²) in [6.45, 7) is 0.173. The zero-order valence-electron chi connectivity index (χ0n) is 9.72. The number of carbonyl (C=O) groups excluding carboxylic acids is 1. The van der Waals surface area contributed by atoms with Gasteiger partial charge in [-0.15, -0.1) is 0 Å². The number of carbonyl (C=O) groups is 2. The molecule has 1 aromatic rings. The van der Waals surface area contributed by atoms with Gasteiger partial charge < -0.3 is 15.2 Å². The van der Waals surface area contributed by atoms with Crippen molar-refractivity contribution < 1.29 is 23.8 Å². The maximum atomic E-state index is 13.2. The number of amides is 1. The number of halogens is 1. The third kappa shape index (κ3) is 3.77. The number of hydrogen-bond donors (Lipinski definition) is 2. The first-order chi connectivity index (χ1) is 8.56. The summed E-state index contributed by atoms with van der Waals surface area (Å²) in [6, 6.07) is 1.49. The number of hydrogen-bond acceptors (Lipinski definition) is 4. The molecule has 6 nitrogen and oxygen atoms in total. The normalized spacial score (nSPS) is 11.9. The average molecular weight is 256 g/mol. The van der Waals surface area contributed by atoms with Crippen molar-refractivity contribution in [3.05, 3.63) is 29.8 Å². The van der Waals surface area contributed by atoms with Crippen molar-refractivity contribution in [3.8, 4) is 0 Å². The number of carboxylic acid groups (broad SMARTS) is 1. The molecule has 0 saturated carbocycles. The minimum atomic E-state index is -1.20. The summed E-state index contributed by atoms with van der Waals surface area (Å²) in [7, 11) is 1.42. The molecule has 18 heavy (non-hydrogen) atoms. The highest BCUT2D eigenvalue weighted by molar-refractivity contribution is 5.96. The average Bonchev–Trinajstić information content (AvgIpc) is 2.34. The first-order valence-electron chi connectivity index (χ1n) is 5.19. The second-order valence-corrected chi connectivity index (χ2v) is 3.49. The predicted octanol–water partition coefficient (Wildman–Crippen LogP) is 0.440. The van der Waals surface area contributed by atoms with Crippen molar-refractivity contribution in [2.75, 3.05) is 13.7 Å². The van der Waals surface area contributed by atoms with Gasteiger partial charge in [0.05, 0.1) is 5.56 Å². The van der Waals surface area contributed by atoms with Crippen LogP contribution in [-0.2, 0) is 9.53 Å². The van der Waals surface area contributed by atoms with Crippen LogP contribution in [0.1, 0.15) is 16.8 Å². The van der Waals surface area contributed by atoms with E-state index in [1.165, 1.54) is 25.4 Å². The third-order valence-corrected chi connectivity index (χ3v) is 2.22. The lowest BCUT2D eigenvalue weighted by molar-refractivity contribution is -0.139. The number of nitrogens with zero attached hydrogens (tertiary/aromatic N) is 1. The van der Waals surface area contributed by atoms with Gasteiger partial charge in [-0.2, -0.15) is 4.39 Å². The number of nitrogens with one attached hydrogen (secondary N) is 1. The fraction of sp³-hybridized carbons (Fsp3) is 0.364. The van der Waals surface area contributed by atoms with Crippen LogP contribution in [0.25, 0.3) is 0 Å². The first-order valence-corrected chi connectivity index (χ1v) is 5.19. The summed E-state index contributed by atoms with van der Waals surface area (Å²) in [5.74, 6) is -2.96. The number of rotatable bonds is 6. The van der Waals surface area contributed by atoms with Crippen LogP contribution in [0.4, 0.5) is 4.39 Å². The molecule has 98 valence electrons. The predicted molar refractivity (Wildman–Crippen MR) is 59.6 cm³/mol. The van der Waals surface area contributed by atoms with Gasteiger partial charge in [-0.05, 0) is 12.1 Å². The lowest BCUT2D eigenvalue weighted by Gasteiger charge is -2.13. The Morgan fingerprint density at radius 2 is 2.33 bits per heavy atom. The molecule has 0 saturated heterocycles. The van der Waals surface area contributed by atoms with Crippen molar-refractivity contribution in [3.63, 3.8) is 0 Å². The van der Waals surface area contributed by atoms with E-state index >= 15 is 0 Å². The summed E-state index contributed by atoms with van der Waals surface area (Å²) < 4.78 is 17.9. The van der Waals surface area contributed by atoms with E-state index in [0.717, 1.165) is 0 Å². The zero-order chi connectivity index (χ0) is 13.5. The molecular weight excluding hydrogens is 243 g/mol. The lowest BCUT2D eigenvalue weighted by Crippen LogP contribution is -2.41. The maximum absolute atomic E-state index is 13.2. The largest absolute Gasteiger partial charge is 0.480 e. The molecular formula is C11H13FN2O4. The molecule has 0 fully saturated rings. The Labute approximate surface area is 103 Å². The SMILES string of the molecule is COCCC(NC(=O)c1cccnc1F)C(=O)O. The molecule has 0 aliphatic heterocycles. The quantitative estimate of drug-likeness (QED) is 0.721. The number of aromatic nitrogens is 1. The minimum absolute atomic E-state index is 0.0967. The van der Waals surface area contributed by atoms with Crippen LogP contribution in [0, 0.1) is 5.95 Å². The second kappa shape index (κ2) is 6.65. The topological polar surface area (TPSA) is 88.5 Å². The van der Waals surface area contributed by atoms with Crippen LogP contribution in [0.15, 0.2) is 18.3 Å². The summed E-state index contributed by atoms with van der Waals surface area (Å²) in [5, 5.41) is 11.1. The highest BCUT2D eigenvalue weighted by atomic mass is 19.1. The Morgan fingerprint density at radius 3 is 2.89 bits per heavy atom.